The first-order valence-corrected chi connectivity index (χ1v) is 6.90. The Morgan fingerprint density at radius 1 is 1.48 bits per heavy atom. The predicted molar refractivity (Wildman–Crippen MR) is 72.7 cm³/mol. The number of primary amides is 1. The molecule has 0 radical (unpaired) electrons. The van der Waals surface area contributed by atoms with Crippen LogP contribution in [-0.4, -0.2) is 42.4 Å². The molecule has 0 saturated carbocycles. The summed E-state index contributed by atoms with van der Waals surface area (Å²) >= 11 is 0. The Hall–Kier alpha value is -2.12. The molecule has 1 heterocycles. The van der Waals surface area contributed by atoms with Crippen LogP contribution in [0.3, 0.4) is 0 Å². The van der Waals surface area contributed by atoms with E-state index in [1.807, 2.05) is 0 Å². The van der Waals surface area contributed by atoms with E-state index in [1.54, 1.807) is 13.8 Å². The van der Waals surface area contributed by atoms with Crippen LogP contribution in [0.1, 0.15) is 33.1 Å². The number of carbonyl (C=O) groups is 4. The number of esters is 1. The molecule has 8 nitrogen and oxygen atoms in total. The van der Waals surface area contributed by atoms with Gasteiger partial charge in [-0.05, 0) is 19.8 Å². The molecule has 1 rings (SSSR count). The van der Waals surface area contributed by atoms with Crippen LogP contribution in [0.15, 0.2) is 0 Å². The first-order chi connectivity index (χ1) is 9.85. The number of amides is 3. The Balaban J connectivity index is 2.57. The highest BCUT2D eigenvalue weighted by molar-refractivity contribution is 5.93. The van der Waals surface area contributed by atoms with Crippen LogP contribution in [0.2, 0.25) is 0 Å². The third kappa shape index (κ3) is 5.05. The number of carbonyl (C=O) groups excluding carboxylic acids is 4. The van der Waals surface area contributed by atoms with Crippen LogP contribution in [0.25, 0.3) is 0 Å². The number of hydrogen-bond acceptors (Lipinski definition) is 5. The van der Waals surface area contributed by atoms with Gasteiger partial charge < -0.3 is 21.1 Å². The van der Waals surface area contributed by atoms with Gasteiger partial charge in [0.25, 0.3) is 0 Å². The molecule has 0 unspecified atom stereocenters. The molecule has 1 aliphatic heterocycles. The van der Waals surface area contributed by atoms with E-state index in [9.17, 15) is 19.2 Å². The fraction of sp³-hybridized carbons (Fsp3) is 0.692. The molecule has 0 aromatic carbocycles. The summed E-state index contributed by atoms with van der Waals surface area (Å²) in [4.78, 5) is 45.9. The maximum absolute atomic E-state index is 11.9. The molecule has 0 spiro atoms. The molecule has 118 valence electrons. The molecular weight excluding hydrogens is 278 g/mol. The minimum absolute atomic E-state index is 0.0561. The van der Waals surface area contributed by atoms with Gasteiger partial charge in [-0.25, -0.2) is 0 Å². The van der Waals surface area contributed by atoms with E-state index in [0.29, 0.717) is 6.42 Å². The molecule has 0 aromatic heterocycles. The van der Waals surface area contributed by atoms with Gasteiger partial charge >= 0.3 is 5.97 Å². The Bertz CT molecular complexity index is 438. The van der Waals surface area contributed by atoms with E-state index in [-0.39, 0.29) is 25.4 Å². The van der Waals surface area contributed by atoms with Crippen molar-refractivity contribution < 1.29 is 23.9 Å². The number of nitrogens with one attached hydrogen (secondary N) is 2. The lowest BCUT2D eigenvalue weighted by Gasteiger charge is -2.20. The van der Waals surface area contributed by atoms with E-state index in [1.165, 1.54) is 0 Å². The van der Waals surface area contributed by atoms with Crippen molar-refractivity contribution in [1.82, 2.24) is 10.6 Å². The minimum atomic E-state index is -0.977. The predicted octanol–water partition coefficient (Wildman–Crippen LogP) is -1.18. The Labute approximate surface area is 122 Å². The van der Waals surface area contributed by atoms with E-state index < -0.39 is 35.8 Å². The van der Waals surface area contributed by atoms with Crippen molar-refractivity contribution in [3.63, 3.8) is 0 Å². The zero-order chi connectivity index (χ0) is 16.0. The summed E-state index contributed by atoms with van der Waals surface area (Å²) in [5.41, 5.74) is 5.24. The van der Waals surface area contributed by atoms with E-state index in [4.69, 9.17) is 10.5 Å². The van der Waals surface area contributed by atoms with Gasteiger partial charge in [-0.15, -0.1) is 0 Å². The molecular formula is C13H21N3O5. The first-order valence-electron chi connectivity index (χ1n) is 6.90. The summed E-state index contributed by atoms with van der Waals surface area (Å²) in [5.74, 6) is -2.43. The van der Waals surface area contributed by atoms with Crippen LogP contribution < -0.4 is 16.4 Å². The molecule has 1 fully saturated rings. The van der Waals surface area contributed by atoms with E-state index in [0.717, 1.165) is 0 Å². The molecule has 3 atom stereocenters. The molecule has 8 heteroatoms. The van der Waals surface area contributed by atoms with E-state index >= 15 is 0 Å². The molecule has 4 N–H and O–H groups in total. The van der Waals surface area contributed by atoms with Crippen LogP contribution >= 0.6 is 0 Å². The molecule has 21 heavy (non-hydrogen) atoms. The molecule has 1 aliphatic rings. The van der Waals surface area contributed by atoms with Gasteiger partial charge in [0.15, 0.2) is 0 Å². The second kappa shape index (κ2) is 7.61. The van der Waals surface area contributed by atoms with Crippen LogP contribution in [0, 0.1) is 5.92 Å². The topological polar surface area (TPSA) is 128 Å². The standard InChI is InChI=1S/C13H21N3O5/c1-3-21-13(20)7(2)6-9(11(14)18)16-12(19)8-4-5-10(17)15-8/h7-9H,3-6H2,1-2H3,(H2,14,18)(H,15,17)(H,16,19)/t7-,8+,9+/m0/s1. The van der Waals surface area contributed by atoms with Crippen molar-refractivity contribution in [2.45, 2.75) is 45.2 Å². The summed E-state index contributed by atoms with van der Waals surface area (Å²) in [6, 6.07) is -1.63. The molecule has 1 saturated heterocycles. The van der Waals surface area contributed by atoms with Crippen molar-refractivity contribution in [3.8, 4) is 0 Å². The zero-order valence-electron chi connectivity index (χ0n) is 12.2. The third-order valence-electron chi connectivity index (χ3n) is 3.25. The fourth-order valence-corrected chi connectivity index (χ4v) is 2.06. The average Bonchev–Trinajstić information content (AvgIpc) is 2.84. The van der Waals surface area contributed by atoms with Crippen molar-refractivity contribution in [2.24, 2.45) is 11.7 Å². The lowest BCUT2D eigenvalue weighted by molar-refractivity contribution is -0.148. The average molecular weight is 299 g/mol. The summed E-state index contributed by atoms with van der Waals surface area (Å²) in [5, 5.41) is 4.97. The smallest absolute Gasteiger partial charge is 0.308 e. The summed E-state index contributed by atoms with van der Waals surface area (Å²) < 4.78 is 4.84. The van der Waals surface area contributed by atoms with Gasteiger partial charge in [0.05, 0.1) is 12.5 Å². The maximum Gasteiger partial charge on any atom is 0.308 e. The first kappa shape index (κ1) is 16.9. The lowest BCUT2D eigenvalue weighted by Crippen LogP contribution is -2.51. The number of rotatable bonds is 7. The van der Waals surface area contributed by atoms with Gasteiger partial charge in [0.1, 0.15) is 12.1 Å². The third-order valence-corrected chi connectivity index (χ3v) is 3.25. The second-order valence-electron chi connectivity index (χ2n) is 5.01. The largest absolute Gasteiger partial charge is 0.466 e. The summed E-state index contributed by atoms with van der Waals surface area (Å²) in [6.07, 6.45) is 0.711. The summed E-state index contributed by atoms with van der Waals surface area (Å²) in [7, 11) is 0. The zero-order valence-corrected chi connectivity index (χ0v) is 12.2. The SMILES string of the molecule is CCOC(=O)[C@@H](C)C[C@@H](NC(=O)[C@H]1CCC(=O)N1)C(N)=O. The van der Waals surface area contributed by atoms with Gasteiger partial charge in [-0.1, -0.05) is 6.92 Å². The van der Waals surface area contributed by atoms with Gasteiger partial charge in [0.2, 0.25) is 17.7 Å². The molecule has 0 aromatic rings. The monoisotopic (exact) mass is 299 g/mol. The molecule has 0 aliphatic carbocycles. The molecule has 3 amide bonds. The Morgan fingerprint density at radius 2 is 2.14 bits per heavy atom. The number of hydrogen-bond donors (Lipinski definition) is 3. The van der Waals surface area contributed by atoms with Crippen molar-refractivity contribution >= 4 is 23.7 Å². The maximum atomic E-state index is 11.9. The highest BCUT2D eigenvalue weighted by Gasteiger charge is 2.31. The van der Waals surface area contributed by atoms with Crippen LogP contribution in [-0.2, 0) is 23.9 Å². The Morgan fingerprint density at radius 3 is 2.62 bits per heavy atom. The van der Waals surface area contributed by atoms with Crippen molar-refractivity contribution in [2.75, 3.05) is 6.61 Å². The fourth-order valence-electron chi connectivity index (χ4n) is 2.06. The lowest BCUT2D eigenvalue weighted by atomic mass is 10.0. The van der Waals surface area contributed by atoms with Crippen molar-refractivity contribution in [3.05, 3.63) is 0 Å². The summed E-state index contributed by atoms with van der Waals surface area (Å²) in [6.45, 7) is 3.52. The normalized spacial score (nSPS) is 20.3. The quantitative estimate of drug-likeness (QED) is 0.510. The van der Waals surface area contributed by atoms with Gasteiger partial charge in [0, 0.05) is 6.42 Å². The van der Waals surface area contributed by atoms with Crippen LogP contribution in [0.5, 0.6) is 0 Å². The second-order valence-corrected chi connectivity index (χ2v) is 5.01. The van der Waals surface area contributed by atoms with Crippen molar-refractivity contribution in [1.29, 1.82) is 0 Å². The minimum Gasteiger partial charge on any atom is -0.466 e. The van der Waals surface area contributed by atoms with E-state index in [2.05, 4.69) is 10.6 Å². The molecule has 0 bridgehead atoms. The highest BCUT2D eigenvalue weighted by atomic mass is 16.5. The van der Waals surface area contributed by atoms with Gasteiger partial charge in [-0.2, -0.15) is 0 Å². The Kier molecular flexibility index (Phi) is 6.13. The highest BCUT2D eigenvalue weighted by Crippen LogP contribution is 2.11. The number of nitrogens with two attached hydrogens (primary N) is 1. The number of ether oxygens (including phenoxy) is 1. The van der Waals surface area contributed by atoms with Crippen LogP contribution in [0.4, 0.5) is 0 Å². The van der Waals surface area contributed by atoms with Gasteiger partial charge in [-0.3, -0.25) is 19.2 Å².